The van der Waals surface area contributed by atoms with Crippen molar-refractivity contribution < 1.29 is 4.74 Å². The quantitative estimate of drug-likeness (QED) is 0.886. The summed E-state index contributed by atoms with van der Waals surface area (Å²) in [4.78, 5) is 7.09. The van der Waals surface area contributed by atoms with E-state index in [1.165, 1.54) is 5.56 Å². The molecule has 0 amide bonds. The zero-order valence-electron chi connectivity index (χ0n) is 14.6. The van der Waals surface area contributed by atoms with Gasteiger partial charge in [0.25, 0.3) is 0 Å². The summed E-state index contributed by atoms with van der Waals surface area (Å²) in [6.07, 6.45) is 1.86. The van der Waals surface area contributed by atoms with Crippen molar-refractivity contribution in [3.63, 3.8) is 0 Å². The van der Waals surface area contributed by atoms with Crippen LogP contribution >= 0.6 is 0 Å². The smallest absolute Gasteiger partial charge is 0.0751 e. The maximum Gasteiger partial charge on any atom is 0.0751 e. The molecule has 1 aromatic heterocycles. The van der Waals surface area contributed by atoms with Gasteiger partial charge in [-0.2, -0.15) is 0 Å². The molecule has 1 fully saturated rings. The van der Waals surface area contributed by atoms with Gasteiger partial charge in [-0.25, -0.2) is 0 Å². The number of nitrogens with one attached hydrogen (secondary N) is 1. The minimum atomic E-state index is 0.117. The Bertz CT molecular complexity index is 565. The molecule has 1 aliphatic heterocycles. The maximum atomic E-state index is 5.55. The average Bonchev–Trinajstić information content (AvgIpc) is 2.64. The first-order chi connectivity index (χ1) is 11.8. The fourth-order valence-corrected chi connectivity index (χ4v) is 3.39. The third-order valence-electron chi connectivity index (χ3n) is 4.72. The monoisotopic (exact) mass is 325 g/mol. The number of pyridine rings is 1. The zero-order valence-corrected chi connectivity index (χ0v) is 14.6. The number of ether oxygens (including phenoxy) is 1. The van der Waals surface area contributed by atoms with E-state index in [-0.39, 0.29) is 6.04 Å². The zero-order chi connectivity index (χ0) is 16.8. The number of benzene rings is 1. The second-order valence-corrected chi connectivity index (χ2v) is 6.52. The largest absolute Gasteiger partial charge is 0.379 e. The van der Waals surface area contributed by atoms with E-state index in [4.69, 9.17) is 4.74 Å². The third-order valence-corrected chi connectivity index (χ3v) is 4.72. The van der Waals surface area contributed by atoms with E-state index in [1.807, 2.05) is 18.3 Å². The Labute approximate surface area is 144 Å². The highest BCUT2D eigenvalue weighted by atomic mass is 16.5. The predicted molar refractivity (Wildman–Crippen MR) is 97.0 cm³/mol. The Hall–Kier alpha value is -1.75. The van der Waals surface area contributed by atoms with Crippen LogP contribution in [0.15, 0.2) is 54.7 Å². The number of hydrogen-bond donors (Lipinski definition) is 1. The van der Waals surface area contributed by atoms with Crippen molar-refractivity contribution in [1.82, 2.24) is 15.2 Å². The molecule has 0 radical (unpaired) electrons. The number of hydrogen-bond acceptors (Lipinski definition) is 4. The van der Waals surface area contributed by atoms with Gasteiger partial charge in [0.05, 0.1) is 24.9 Å². The van der Waals surface area contributed by atoms with Crippen molar-refractivity contribution in [3.05, 3.63) is 66.0 Å². The Morgan fingerprint density at radius 3 is 2.71 bits per heavy atom. The van der Waals surface area contributed by atoms with Gasteiger partial charge >= 0.3 is 0 Å². The van der Waals surface area contributed by atoms with Crippen LogP contribution in [0.2, 0.25) is 0 Å². The van der Waals surface area contributed by atoms with Crippen LogP contribution in [0.5, 0.6) is 0 Å². The summed E-state index contributed by atoms with van der Waals surface area (Å²) in [6.45, 7) is 8.10. The summed E-state index contributed by atoms with van der Waals surface area (Å²) < 4.78 is 5.55. The third kappa shape index (κ3) is 4.20. The molecule has 0 unspecified atom stereocenters. The van der Waals surface area contributed by atoms with E-state index in [1.54, 1.807) is 0 Å². The summed E-state index contributed by atoms with van der Waals surface area (Å²) in [5.41, 5.74) is 2.31. The lowest BCUT2D eigenvalue weighted by Crippen LogP contribution is -2.51. The molecule has 1 aromatic carbocycles. The minimum absolute atomic E-state index is 0.117. The summed E-state index contributed by atoms with van der Waals surface area (Å²) in [5.74, 6) is 0. The van der Waals surface area contributed by atoms with Crippen molar-refractivity contribution in [1.29, 1.82) is 0 Å². The lowest BCUT2D eigenvalue weighted by Gasteiger charge is -2.38. The summed E-state index contributed by atoms with van der Waals surface area (Å²) >= 11 is 0. The minimum Gasteiger partial charge on any atom is -0.379 e. The van der Waals surface area contributed by atoms with Gasteiger partial charge in [-0.3, -0.25) is 9.88 Å². The highest BCUT2D eigenvalue weighted by Gasteiger charge is 2.24. The van der Waals surface area contributed by atoms with Crippen LogP contribution in [0.3, 0.4) is 0 Å². The fourth-order valence-electron chi connectivity index (χ4n) is 3.39. The van der Waals surface area contributed by atoms with Gasteiger partial charge in [0, 0.05) is 31.4 Å². The van der Waals surface area contributed by atoms with Gasteiger partial charge in [0.15, 0.2) is 0 Å². The van der Waals surface area contributed by atoms with Crippen molar-refractivity contribution in [3.8, 4) is 0 Å². The highest BCUT2D eigenvalue weighted by molar-refractivity contribution is 5.27. The number of rotatable bonds is 6. The predicted octanol–water partition coefficient (Wildman–Crippen LogP) is 2.87. The normalized spacial score (nSPS) is 21.3. The molecule has 1 aliphatic rings. The van der Waals surface area contributed by atoms with Crippen LogP contribution in [-0.4, -0.2) is 48.3 Å². The molecule has 3 rings (SSSR count). The number of aromatic nitrogens is 1. The van der Waals surface area contributed by atoms with Gasteiger partial charge in [0.2, 0.25) is 0 Å². The highest BCUT2D eigenvalue weighted by Crippen LogP contribution is 2.20. The van der Waals surface area contributed by atoms with E-state index in [0.29, 0.717) is 12.1 Å². The standard InChI is InChI=1S/C20H27N3O/c1-16(23-12-13-24-15-17(23)2)14-22-20(18-8-4-3-5-9-18)19-10-6-7-11-21-19/h3-11,16-17,20,22H,12-15H2,1-2H3/t16-,17+,20-/m1/s1. The van der Waals surface area contributed by atoms with Gasteiger partial charge in [-0.1, -0.05) is 36.4 Å². The first-order valence-corrected chi connectivity index (χ1v) is 8.78. The lowest BCUT2D eigenvalue weighted by atomic mass is 10.0. The molecule has 4 heteroatoms. The van der Waals surface area contributed by atoms with Crippen molar-refractivity contribution in [2.24, 2.45) is 0 Å². The van der Waals surface area contributed by atoms with Crippen LogP contribution in [-0.2, 0) is 4.74 Å². The van der Waals surface area contributed by atoms with Crippen molar-refractivity contribution >= 4 is 0 Å². The van der Waals surface area contributed by atoms with Gasteiger partial charge in [0.1, 0.15) is 0 Å². The molecule has 128 valence electrons. The van der Waals surface area contributed by atoms with Gasteiger partial charge in [-0.15, -0.1) is 0 Å². The number of morpholine rings is 1. The Morgan fingerprint density at radius 2 is 2.00 bits per heavy atom. The van der Waals surface area contributed by atoms with Crippen molar-refractivity contribution in [2.75, 3.05) is 26.3 Å². The van der Waals surface area contributed by atoms with E-state index in [0.717, 1.165) is 32.0 Å². The van der Waals surface area contributed by atoms with Crippen molar-refractivity contribution in [2.45, 2.75) is 32.0 Å². The molecule has 2 heterocycles. The Kier molecular flexibility index (Phi) is 5.96. The molecule has 1 N–H and O–H groups in total. The van der Waals surface area contributed by atoms with E-state index < -0.39 is 0 Å². The lowest BCUT2D eigenvalue weighted by molar-refractivity contribution is -0.0183. The molecule has 0 aliphatic carbocycles. The molecule has 0 spiro atoms. The molecule has 24 heavy (non-hydrogen) atoms. The van der Waals surface area contributed by atoms with Crippen LogP contribution < -0.4 is 5.32 Å². The molecular formula is C20H27N3O. The summed E-state index contributed by atoms with van der Waals surface area (Å²) in [5, 5.41) is 3.72. The second kappa shape index (κ2) is 8.38. The molecule has 1 saturated heterocycles. The SMILES string of the molecule is C[C@H](CN[C@H](c1ccccc1)c1ccccn1)N1CCOC[C@@H]1C. The summed E-state index contributed by atoms with van der Waals surface area (Å²) in [7, 11) is 0. The molecule has 0 saturated carbocycles. The molecular weight excluding hydrogens is 298 g/mol. The van der Waals surface area contributed by atoms with Crippen LogP contribution in [0.25, 0.3) is 0 Å². The van der Waals surface area contributed by atoms with E-state index in [2.05, 4.69) is 65.4 Å². The molecule has 4 nitrogen and oxygen atoms in total. The maximum absolute atomic E-state index is 5.55. The second-order valence-electron chi connectivity index (χ2n) is 6.52. The topological polar surface area (TPSA) is 37.4 Å². The van der Waals surface area contributed by atoms with Gasteiger partial charge in [-0.05, 0) is 31.5 Å². The molecule has 0 bridgehead atoms. The van der Waals surface area contributed by atoms with Crippen LogP contribution in [0.1, 0.15) is 31.1 Å². The van der Waals surface area contributed by atoms with E-state index in [9.17, 15) is 0 Å². The number of nitrogens with zero attached hydrogens (tertiary/aromatic N) is 2. The first kappa shape index (κ1) is 17.1. The van der Waals surface area contributed by atoms with Gasteiger partial charge < -0.3 is 10.1 Å². The Morgan fingerprint density at radius 1 is 1.21 bits per heavy atom. The molecule has 3 atom stereocenters. The average molecular weight is 325 g/mol. The molecule has 2 aromatic rings. The first-order valence-electron chi connectivity index (χ1n) is 8.78. The van der Waals surface area contributed by atoms with Crippen LogP contribution in [0, 0.1) is 0 Å². The van der Waals surface area contributed by atoms with E-state index >= 15 is 0 Å². The summed E-state index contributed by atoms with van der Waals surface area (Å²) in [6, 6.07) is 17.7. The fraction of sp³-hybridized carbons (Fsp3) is 0.450. The van der Waals surface area contributed by atoms with Crippen LogP contribution in [0.4, 0.5) is 0 Å². The Balaban J connectivity index is 1.70.